The highest BCUT2D eigenvalue weighted by molar-refractivity contribution is 5.99. The zero-order valence-electron chi connectivity index (χ0n) is 27.3. The van der Waals surface area contributed by atoms with Crippen LogP contribution in [0.5, 0.6) is 17.5 Å². The molecule has 0 aliphatic carbocycles. The number of nitrogens with two attached hydrogens (primary N) is 2. The second-order valence-corrected chi connectivity index (χ2v) is 10.7. The largest absolute Gasteiger partial charge is 0.491 e. The fraction of sp³-hybridized carbons (Fsp3) is 0.419. The Kier molecular flexibility index (Phi) is 14.2. The average molecular weight is 722 g/mol. The van der Waals surface area contributed by atoms with Gasteiger partial charge in [-0.2, -0.15) is 28.1 Å². The van der Waals surface area contributed by atoms with Crippen molar-refractivity contribution in [2.45, 2.75) is 31.6 Å². The number of halogens is 3. The lowest BCUT2D eigenvalue weighted by Crippen LogP contribution is -2.41. The van der Waals surface area contributed by atoms with Gasteiger partial charge in [0.1, 0.15) is 30.8 Å². The van der Waals surface area contributed by atoms with Crippen molar-refractivity contribution in [2.24, 2.45) is 16.5 Å². The molecule has 51 heavy (non-hydrogen) atoms. The van der Waals surface area contributed by atoms with Crippen molar-refractivity contribution >= 4 is 35.4 Å². The SMILES string of the molecule is NC(N)=NCCCC(NC(=O)c1ccc2cc1OCCOCCOCCOc1ccc(cc1)CNc1nc(nc(OCC(F)(F)F)n1)N2)C(=O)O. The molecule has 2 aliphatic rings. The van der Waals surface area contributed by atoms with Crippen molar-refractivity contribution in [1.82, 2.24) is 20.3 Å². The normalized spacial score (nSPS) is 14.7. The fourth-order valence-electron chi connectivity index (χ4n) is 4.37. The van der Waals surface area contributed by atoms with E-state index in [1.54, 1.807) is 24.3 Å². The summed E-state index contributed by atoms with van der Waals surface area (Å²) in [7, 11) is 0. The Hall–Kier alpha value is -5.63. The maximum absolute atomic E-state index is 13.3. The van der Waals surface area contributed by atoms with Gasteiger partial charge in [-0.05, 0) is 42.7 Å². The molecule has 3 aromatic rings. The Balaban J connectivity index is 1.60. The Bertz CT molecular complexity index is 1630. The van der Waals surface area contributed by atoms with Crippen LogP contribution in [0.15, 0.2) is 47.5 Å². The van der Waals surface area contributed by atoms with Crippen molar-refractivity contribution in [3.05, 3.63) is 53.6 Å². The van der Waals surface area contributed by atoms with Gasteiger partial charge in [-0.15, -0.1) is 0 Å². The average Bonchev–Trinajstić information content (AvgIpc) is 3.08. The number of carbonyl (C=O) groups excluding carboxylic acids is 1. The molecule has 2 aliphatic heterocycles. The Morgan fingerprint density at radius 1 is 0.961 bits per heavy atom. The first-order chi connectivity index (χ1) is 24.4. The third-order valence-electron chi connectivity index (χ3n) is 6.74. The maximum Gasteiger partial charge on any atom is 0.422 e. The first kappa shape index (κ1) is 38.2. The number of nitrogens with zero attached hydrogens (tertiary/aromatic N) is 4. The summed E-state index contributed by atoms with van der Waals surface area (Å²) in [6.45, 7) is -0.0380. The minimum Gasteiger partial charge on any atom is -0.491 e. The molecular weight excluding hydrogens is 683 g/mol. The number of alkyl halides is 3. The van der Waals surface area contributed by atoms with Crippen LogP contribution in [0.2, 0.25) is 0 Å². The monoisotopic (exact) mass is 721 g/mol. The minimum absolute atomic E-state index is 0.0112. The summed E-state index contributed by atoms with van der Waals surface area (Å²) in [6.07, 6.45) is -4.34. The number of nitrogens with one attached hydrogen (secondary N) is 3. The minimum atomic E-state index is -4.65. The molecule has 1 aromatic heterocycles. The standard InChI is InChI=1S/C31H38F3N9O8/c32-31(33,34)18-51-30-42-28-38-17-19-3-6-21(7-4-19)49-14-12-47-10-11-48-13-15-50-24-16-20(39-29(41-28)43-30)5-8-22(24)25(44)40-23(26(45)46)2-1-9-37-27(35)36/h3-8,16,23H,1-2,9-15,17-18H2,(H,40,44)(H,45,46)(H4,35,36,37)(H2,38,39,41,42,43). The van der Waals surface area contributed by atoms with E-state index < -0.39 is 36.7 Å². The number of rotatable bonds is 9. The lowest BCUT2D eigenvalue weighted by atomic mass is 10.1. The number of amides is 1. The van der Waals surface area contributed by atoms with Gasteiger partial charge < -0.3 is 56.2 Å². The van der Waals surface area contributed by atoms with Gasteiger partial charge in [0.25, 0.3) is 5.91 Å². The van der Waals surface area contributed by atoms with Crippen LogP contribution in [0, 0.1) is 0 Å². The number of ether oxygens (including phenoxy) is 5. The van der Waals surface area contributed by atoms with E-state index in [4.69, 9.17) is 35.2 Å². The second kappa shape index (κ2) is 18.9. The fourth-order valence-corrected chi connectivity index (χ4v) is 4.37. The van der Waals surface area contributed by atoms with E-state index in [-0.39, 0.29) is 80.6 Å². The lowest BCUT2D eigenvalue weighted by Gasteiger charge is -2.17. The van der Waals surface area contributed by atoms with Crippen LogP contribution in [0.1, 0.15) is 28.8 Å². The number of guanidine groups is 1. The molecule has 1 amide bonds. The smallest absolute Gasteiger partial charge is 0.422 e. The number of carbonyl (C=O) groups is 2. The van der Waals surface area contributed by atoms with Gasteiger partial charge in [0.15, 0.2) is 12.6 Å². The topological polar surface area (TPSA) is 240 Å². The highest BCUT2D eigenvalue weighted by Crippen LogP contribution is 2.27. The number of hydrogen-bond acceptors (Lipinski definition) is 13. The number of aromatic nitrogens is 3. The van der Waals surface area contributed by atoms with Crippen LogP contribution in [0.25, 0.3) is 0 Å². The molecule has 1 atom stereocenters. The number of carboxylic acid groups (broad SMARTS) is 1. The van der Waals surface area contributed by atoms with E-state index in [0.717, 1.165) is 5.56 Å². The van der Waals surface area contributed by atoms with Gasteiger partial charge >= 0.3 is 18.2 Å². The zero-order valence-corrected chi connectivity index (χ0v) is 27.3. The summed E-state index contributed by atoms with van der Waals surface area (Å²) < 4.78 is 66.3. The van der Waals surface area contributed by atoms with E-state index >= 15 is 0 Å². The molecule has 0 saturated heterocycles. The maximum atomic E-state index is 13.3. The van der Waals surface area contributed by atoms with E-state index in [0.29, 0.717) is 25.6 Å². The predicted molar refractivity (Wildman–Crippen MR) is 176 cm³/mol. The summed E-state index contributed by atoms with van der Waals surface area (Å²) in [4.78, 5) is 41.2. The van der Waals surface area contributed by atoms with Crippen LogP contribution >= 0.6 is 0 Å². The Morgan fingerprint density at radius 2 is 1.65 bits per heavy atom. The van der Waals surface area contributed by atoms with Crippen LogP contribution in [0.4, 0.5) is 30.8 Å². The molecule has 3 heterocycles. The molecule has 276 valence electrons. The van der Waals surface area contributed by atoms with E-state index in [1.165, 1.54) is 18.2 Å². The van der Waals surface area contributed by atoms with Crippen LogP contribution in [-0.2, 0) is 20.8 Å². The second-order valence-electron chi connectivity index (χ2n) is 10.7. The molecule has 20 heteroatoms. The Morgan fingerprint density at radius 3 is 2.33 bits per heavy atom. The molecule has 0 saturated carbocycles. The molecule has 5 rings (SSSR count). The van der Waals surface area contributed by atoms with Crippen molar-refractivity contribution in [3.63, 3.8) is 0 Å². The Labute approximate surface area is 289 Å². The van der Waals surface area contributed by atoms with Crippen LogP contribution < -0.4 is 41.6 Å². The number of anilines is 3. The van der Waals surface area contributed by atoms with Gasteiger partial charge in [-0.3, -0.25) is 9.79 Å². The molecule has 0 radical (unpaired) electrons. The molecule has 8 N–H and O–H groups in total. The third-order valence-corrected chi connectivity index (χ3v) is 6.74. The van der Waals surface area contributed by atoms with E-state index in [1.807, 2.05) is 0 Å². The zero-order chi connectivity index (χ0) is 36.6. The first-order valence-corrected chi connectivity index (χ1v) is 15.6. The van der Waals surface area contributed by atoms with E-state index in [2.05, 4.69) is 35.9 Å². The van der Waals surface area contributed by atoms with Crippen molar-refractivity contribution < 1.29 is 51.6 Å². The molecule has 0 spiro atoms. The van der Waals surface area contributed by atoms with Crippen molar-refractivity contribution in [2.75, 3.05) is 63.4 Å². The molecule has 1 unspecified atom stereocenters. The highest BCUT2D eigenvalue weighted by Gasteiger charge is 2.29. The number of benzene rings is 2. The summed E-state index contributed by atoms with van der Waals surface area (Å²) in [5.41, 5.74) is 11.7. The molecule has 0 fully saturated rings. The number of carboxylic acids is 1. The molecule has 6 bridgehead atoms. The first-order valence-electron chi connectivity index (χ1n) is 15.6. The highest BCUT2D eigenvalue weighted by atomic mass is 19.4. The molecule has 2 aromatic carbocycles. The number of aliphatic carboxylic acids is 1. The predicted octanol–water partition coefficient (Wildman–Crippen LogP) is 2.21. The summed E-state index contributed by atoms with van der Waals surface area (Å²) in [5, 5.41) is 18.0. The van der Waals surface area contributed by atoms with Gasteiger partial charge in [0.2, 0.25) is 11.9 Å². The van der Waals surface area contributed by atoms with Gasteiger partial charge in [-0.25, -0.2) is 4.79 Å². The number of fused-ring (bicyclic) bond motifs is 12. The third kappa shape index (κ3) is 13.7. The summed E-state index contributed by atoms with van der Waals surface area (Å²) in [6, 6.07) is 9.46. The molecular formula is C31H38F3N9O8. The van der Waals surface area contributed by atoms with Crippen molar-refractivity contribution in [1.29, 1.82) is 0 Å². The van der Waals surface area contributed by atoms with Gasteiger partial charge in [-0.1, -0.05) is 12.1 Å². The number of hydrogen-bond donors (Lipinski definition) is 6. The van der Waals surface area contributed by atoms with Crippen LogP contribution in [0.3, 0.4) is 0 Å². The van der Waals surface area contributed by atoms with Gasteiger partial charge in [0, 0.05) is 24.8 Å². The summed E-state index contributed by atoms with van der Waals surface area (Å²) >= 11 is 0. The van der Waals surface area contributed by atoms with Crippen LogP contribution in [-0.4, -0.2) is 103 Å². The van der Waals surface area contributed by atoms with Crippen molar-refractivity contribution in [3.8, 4) is 17.5 Å². The lowest BCUT2D eigenvalue weighted by molar-refractivity contribution is -0.154. The van der Waals surface area contributed by atoms with E-state index in [9.17, 15) is 27.9 Å². The molecule has 17 nitrogen and oxygen atoms in total. The quantitative estimate of drug-likeness (QED) is 0.0804. The number of aliphatic imine (C=N–C) groups is 1. The van der Waals surface area contributed by atoms with Gasteiger partial charge in [0.05, 0.1) is 32.0 Å². The summed E-state index contributed by atoms with van der Waals surface area (Å²) in [5.74, 6) is -1.80.